The molecule has 1 aromatic rings. The van der Waals surface area contributed by atoms with E-state index < -0.39 is 17.5 Å². The Morgan fingerprint density at radius 2 is 2.00 bits per heavy atom. The molecule has 0 amide bonds. The fourth-order valence-electron chi connectivity index (χ4n) is 1.31. The minimum atomic E-state index is -0.816. The number of esters is 1. The Balaban J connectivity index is 3.26. The van der Waals surface area contributed by atoms with E-state index in [0.717, 1.165) is 13.2 Å². The number of rotatable bonds is 4. The molecule has 0 aliphatic heterocycles. The first-order valence-corrected chi connectivity index (χ1v) is 5.17. The van der Waals surface area contributed by atoms with Crippen molar-refractivity contribution in [1.82, 2.24) is 0 Å². The van der Waals surface area contributed by atoms with Crippen molar-refractivity contribution in [2.45, 2.75) is 0 Å². The molecule has 0 aliphatic rings. The summed E-state index contributed by atoms with van der Waals surface area (Å²) < 4.78 is 23.0. The van der Waals surface area contributed by atoms with E-state index in [4.69, 9.17) is 15.3 Å². The third-order valence-corrected chi connectivity index (χ3v) is 2.17. The number of carbonyl (C=O) groups excluding carboxylic acids is 1. The van der Waals surface area contributed by atoms with Crippen molar-refractivity contribution < 1.29 is 18.7 Å². The maximum absolute atomic E-state index is 13.7. The second-order valence-electron chi connectivity index (χ2n) is 3.33. The fourth-order valence-corrected chi connectivity index (χ4v) is 1.31. The number of carbonyl (C=O) groups is 1. The summed E-state index contributed by atoms with van der Waals surface area (Å²) in [5.41, 5.74) is 1.75. The standard InChI is InChI=1S/C12H9FN4O3/c1-19-11-9(13)3-7(12(18)20-2)4-10(11)17-16-8(5-14)6-15/h3-4,17H,1-2H3. The first kappa shape index (κ1) is 14.9. The van der Waals surface area contributed by atoms with Crippen LogP contribution in [-0.4, -0.2) is 25.9 Å². The van der Waals surface area contributed by atoms with Crippen molar-refractivity contribution in [3.8, 4) is 17.9 Å². The molecule has 0 heterocycles. The molecule has 0 aliphatic carbocycles. The lowest BCUT2D eigenvalue weighted by Gasteiger charge is -2.10. The van der Waals surface area contributed by atoms with Crippen LogP contribution in [0.1, 0.15) is 10.4 Å². The van der Waals surface area contributed by atoms with E-state index >= 15 is 0 Å². The molecule has 0 aromatic heterocycles. The number of hydrogen-bond donors (Lipinski definition) is 1. The molecule has 1 N–H and O–H groups in total. The summed E-state index contributed by atoms with van der Waals surface area (Å²) in [6.45, 7) is 0. The van der Waals surface area contributed by atoms with E-state index in [1.807, 2.05) is 0 Å². The van der Waals surface area contributed by atoms with Gasteiger partial charge in [0.05, 0.1) is 19.8 Å². The van der Waals surface area contributed by atoms with Gasteiger partial charge in [0.2, 0.25) is 5.71 Å². The van der Waals surface area contributed by atoms with Gasteiger partial charge in [-0.3, -0.25) is 5.43 Å². The smallest absolute Gasteiger partial charge is 0.338 e. The molecule has 0 spiro atoms. The molecule has 0 saturated heterocycles. The van der Waals surface area contributed by atoms with Crippen molar-refractivity contribution >= 4 is 17.4 Å². The lowest BCUT2D eigenvalue weighted by Crippen LogP contribution is -2.06. The average Bonchev–Trinajstić information content (AvgIpc) is 2.47. The Morgan fingerprint density at radius 1 is 1.35 bits per heavy atom. The van der Waals surface area contributed by atoms with Gasteiger partial charge in [0.15, 0.2) is 11.6 Å². The molecule has 1 rings (SSSR count). The number of nitriles is 2. The van der Waals surface area contributed by atoms with Crippen molar-refractivity contribution in [3.05, 3.63) is 23.5 Å². The number of methoxy groups -OCH3 is 2. The van der Waals surface area contributed by atoms with Crippen molar-refractivity contribution in [2.75, 3.05) is 19.6 Å². The van der Waals surface area contributed by atoms with E-state index in [1.165, 1.54) is 25.3 Å². The summed E-state index contributed by atoms with van der Waals surface area (Å²) >= 11 is 0. The van der Waals surface area contributed by atoms with Gasteiger partial charge in [-0.1, -0.05) is 0 Å². The van der Waals surface area contributed by atoms with E-state index in [9.17, 15) is 9.18 Å². The highest BCUT2D eigenvalue weighted by atomic mass is 19.1. The van der Waals surface area contributed by atoms with Crippen molar-refractivity contribution in [3.63, 3.8) is 0 Å². The van der Waals surface area contributed by atoms with Crippen LogP contribution in [0, 0.1) is 28.5 Å². The highest BCUT2D eigenvalue weighted by Crippen LogP contribution is 2.29. The normalized spacial score (nSPS) is 8.85. The summed E-state index contributed by atoms with van der Waals surface area (Å²) in [5, 5.41) is 20.5. The molecular weight excluding hydrogens is 267 g/mol. The second kappa shape index (κ2) is 6.71. The van der Waals surface area contributed by atoms with E-state index in [2.05, 4.69) is 15.3 Å². The van der Waals surface area contributed by atoms with Crippen molar-refractivity contribution in [1.29, 1.82) is 10.5 Å². The van der Waals surface area contributed by atoms with Gasteiger partial charge >= 0.3 is 5.97 Å². The Labute approximate surface area is 113 Å². The quantitative estimate of drug-likeness (QED) is 0.506. The monoisotopic (exact) mass is 276 g/mol. The molecule has 0 fully saturated rings. The SMILES string of the molecule is COC(=O)c1cc(F)c(OC)c(NN=C(C#N)C#N)c1. The molecular formula is C12H9FN4O3. The van der Waals surface area contributed by atoms with Crippen LogP contribution in [0.4, 0.5) is 10.1 Å². The predicted molar refractivity (Wildman–Crippen MR) is 66.6 cm³/mol. The molecule has 102 valence electrons. The van der Waals surface area contributed by atoms with Crippen LogP contribution in [0.5, 0.6) is 5.75 Å². The van der Waals surface area contributed by atoms with Gasteiger partial charge in [0.1, 0.15) is 17.8 Å². The maximum atomic E-state index is 13.7. The number of hydrazone groups is 1. The van der Waals surface area contributed by atoms with Gasteiger partial charge in [-0.2, -0.15) is 15.6 Å². The number of anilines is 1. The molecule has 0 bridgehead atoms. The average molecular weight is 276 g/mol. The largest absolute Gasteiger partial charge is 0.492 e. The second-order valence-corrected chi connectivity index (χ2v) is 3.33. The van der Waals surface area contributed by atoms with Gasteiger partial charge in [-0.15, -0.1) is 0 Å². The first-order chi connectivity index (χ1) is 9.57. The number of benzene rings is 1. The Hall–Kier alpha value is -3.13. The zero-order valence-corrected chi connectivity index (χ0v) is 10.6. The Kier molecular flexibility index (Phi) is 5.01. The van der Waals surface area contributed by atoms with E-state index in [-0.39, 0.29) is 17.0 Å². The number of halogens is 1. The number of hydrogen-bond acceptors (Lipinski definition) is 7. The maximum Gasteiger partial charge on any atom is 0.338 e. The highest BCUT2D eigenvalue weighted by Gasteiger charge is 2.16. The van der Waals surface area contributed by atoms with Crippen LogP contribution >= 0.6 is 0 Å². The topological polar surface area (TPSA) is 108 Å². The predicted octanol–water partition coefficient (Wildman–Crippen LogP) is 1.44. The molecule has 0 saturated carbocycles. The molecule has 0 atom stereocenters. The molecule has 0 unspecified atom stereocenters. The summed E-state index contributed by atoms with van der Waals surface area (Å²) in [6.07, 6.45) is 0. The van der Waals surface area contributed by atoms with Gasteiger partial charge in [-0.05, 0) is 12.1 Å². The molecule has 0 radical (unpaired) electrons. The first-order valence-electron chi connectivity index (χ1n) is 5.17. The van der Waals surface area contributed by atoms with Crippen LogP contribution in [0.3, 0.4) is 0 Å². The van der Waals surface area contributed by atoms with Crippen LogP contribution in [0.2, 0.25) is 0 Å². The minimum absolute atomic E-state index is 0.0177. The molecule has 8 heteroatoms. The summed E-state index contributed by atoms with van der Waals surface area (Å²) in [6, 6.07) is 5.21. The Morgan fingerprint density at radius 3 is 2.50 bits per heavy atom. The number of nitrogens with one attached hydrogen (secondary N) is 1. The lowest BCUT2D eigenvalue weighted by molar-refractivity contribution is 0.0600. The summed E-state index contributed by atoms with van der Waals surface area (Å²) in [4.78, 5) is 11.4. The third-order valence-electron chi connectivity index (χ3n) is 2.17. The summed E-state index contributed by atoms with van der Waals surface area (Å²) in [5.74, 6) is -1.78. The lowest BCUT2D eigenvalue weighted by atomic mass is 10.2. The Bertz CT molecular complexity index is 627. The number of nitrogens with zero attached hydrogens (tertiary/aromatic N) is 3. The van der Waals surface area contributed by atoms with E-state index in [0.29, 0.717) is 0 Å². The zero-order chi connectivity index (χ0) is 15.1. The van der Waals surface area contributed by atoms with Crippen LogP contribution in [0.25, 0.3) is 0 Å². The van der Waals surface area contributed by atoms with Gasteiger partial charge in [0, 0.05) is 0 Å². The van der Waals surface area contributed by atoms with Crippen LogP contribution in [-0.2, 0) is 4.74 Å². The fraction of sp³-hybridized carbons (Fsp3) is 0.167. The van der Waals surface area contributed by atoms with Crippen LogP contribution in [0.15, 0.2) is 17.2 Å². The van der Waals surface area contributed by atoms with Gasteiger partial charge in [-0.25, -0.2) is 9.18 Å². The molecule has 1 aromatic carbocycles. The van der Waals surface area contributed by atoms with E-state index in [1.54, 1.807) is 0 Å². The highest BCUT2D eigenvalue weighted by molar-refractivity contribution is 6.10. The van der Waals surface area contributed by atoms with Crippen molar-refractivity contribution in [2.24, 2.45) is 5.10 Å². The van der Waals surface area contributed by atoms with Gasteiger partial charge in [0.25, 0.3) is 0 Å². The van der Waals surface area contributed by atoms with Gasteiger partial charge < -0.3 is 9.47 Å². The molecule has 7 nitrogen and oxygen atoms in total. The summed E-state index contributed by atoms with van der Waals surface area (Å²) in [7, 11) is 2.37. The van der Waals surface area contributed by atoms with Crippen LogP contribution < -0.4 is 10.2 Å². The minimum Gasteiger partial charge on any atom is -0.492 e. The number of ether oxygens (including phenoxy) is 2. The zero-order valence-electron chi connectivity index (χ0n) is 10.6. The molecule has 20 heavy (non-hydrogen) atoms. The third kappa shape index (κ3) is 3.21.